The second-order valence-electron chi connectivity index (χ2n) is 15.3. The summed E-state index contributed by atoms with van der Waals surface area (Å²) in [6, 6.07) is 25.1. The largest absolute Gasteiger partial charge is 0.214 e. The standard InChI is InChI=1S/C21H25.C15H26.C5H5.2ClH.Zr/c1-20(2,3)16-9-7-14-11-15-8-10-17(21(4,5)6)13-19(15)18(14)12-16;1-3-8-14(9-4-1)12-7-13-15-10-5-2-6-11-15;1-2-4-5-3-1;;;/h7,9-10,12-13H,11H2,1-6H3;14-15H,1-6,8-13H2;1-5H;2*1H;/q-1;;-1;;;+2/p-2. The molecular weight excluding hydrogens is 655 g/mol. The van der Waals surface area contributed by atoms with Crippen LogP contribution in [0, 0.1) is 17.9 Å². The van der Waals surface area contributed by atoms with Gasteiger partial charge in [0, 0.05) is 0 Å². The van der Waals surface area contributed by atoms with Gasteiger partial charge < -0.3 is 24.8 Å². The Kier molecular flexibility index (Phi) is 16.5. The molecule has 0 bridgehead atoms. The molecule has 0 spiro atoms. The van der Waals surface area contributed by atoms with Gasteiger partial charge >= 0.3 is 116 Å². The van der Waals surface area contributed by atoms with Crippen LogP contribution in [0.4, 0.5) is 0 Å². The van der Waals surface area contributed by atoms with Crippen LogP contribution in [0.5, 0.6) is 0 Å². The quantitative estimate of drug-likeness (QED) is 0.238. The fourth-order valence-corrected chi connectivity index (χ4v) is 8.29. The van der Waals surface area contributed by atoms with Crippen LogP contribution >= 0.6 is 0 Å². The van der Waals surface area contributed by atoms with Gasteiger partial charge in [0.15, 0.2) is 0 Å². The van der Waals surface area contributed by atoms with E-state index in [1.165, 1.54) is 110 Å². The normalized spacial score (nSPS) is 16.5. The van der Waals surface area contributed by atoms with Gasteiger partial charge in [-0.15, -0.1) is 5.56 Å². The Morgan fingerprint density at radius 3 is 1.68 bits per heavy atom. The second kappa shape index (κ2) is 18.5. The first-order chi connectivity index (χ1) is 20.0. The van der Waals surface area contributed by atoms with E-state index >= 15 is 0 Å². The fraction of sp³-hybridized carbons (Fsp3) is 0.561. The molecule has 44 heavy (non-hydrogen) atoms. The minimum absolute atomic E-state index is 0. The minimum atomic E-state index is 0. The molecule has 0 heterocycles. The first kappa shape index (κ1) is 39.3. The van der Waals surface area contributed by atoms with E-state index in [9.17, 15) is 0 Å². The third-order valence-electron chi connectivity index (χ3n) is 9.60. The van der Waals surface area contributed by atoms with Crippen LogP contribution < -0.4 is 24.8 Å². The van der Waals surface area contributed by atoms with Crippen molar-refractivity contribution in [3.05, 3.63) is 89.0 Å². The van der Waals surface area contributed by atoms with Gasteiger partial charge in [-0.05, 0) is 17.4 Å². The zero-order chi connectivity index (χ0) is 30.2. The number of hydrogen-bond donors (Lipinski definition) is 0. The van der Waals surface area contributed by atoms with Gasteiger partial charge in [0.1, 0.15) is 0 Å². The molecule has 0 N–H and O–H groups in total. The third-order valence-corrected chi connectivity index (χ3v) is 10.6. The van der Waals surface area contributed by atoms with Crippen LogP contribution in [-0.2, 0) is 41.5 Å². The molecule has 3 heteroatoms. The average molecular weight is 711 g/mol. The molecule has 0 nitrogen and oxygen atoms in total. The molecule has 0 aliphatic heterocycles. The van der Waals surface area contributed by atoms with Crippen molar-refractivity contribution in [2.24, 2.45) is 11.8 Å². The maximum atomic E-state index is 3.53. The van der Waals surface area contributed by atoms with Gasteiger partial charge in [0.05, 0.1) is 0 Å². The molecule has 2 fully saturated rings. The van der Waals surface area contributed by atoms with E-state index in [1.807, 2.05) is 33.5 Å². The zero-order valence-electron chi connectivity index (χ0n) is 28.4. The molecule has 6 rings (SSSR count). The van der Waals surface area contributed by atoms with Crippen molar-refractivity contribution >= 4 is 3.21 Å². The molecule has 240 valence electrons. The Morgan fingerprint density at radius 2 is 1.23 bits per heavy atom. The second-order valence-corrected chi connectivity index (χ2v) is 17.0. The number of rotatable bonds is 4. The van der Waals surface area contributed by atoms with E-state index in [1.54, 1.807) is 24.2 Å². The molecular formula is C41H56Cl2Zr-2. The van der Waals surface area contributed by atoms with Crippen molar-refractivity contribution < 1.29 is 49.0 Å². The SMILES string of the molecule is CC(C)(C)c1c[c-]c2c(c1)-c1cc(C(C)(C)C)ccc1C2.[Cl-].[Cl-].[Zr+2]=[C](CC1CCCCC1)CC1CCCCC1.c1cc[cH-]c1. The van der Waals surface area contributed by atoms with Gasteiger partial charge in [-0.2, -0.15) is 47.5 Å². The molecule has 3 aromatic rings. The van der Waals surface area contributed by atoms with Crippen molar-refractivity contribution in [1.82, 2.24) is 0 Å². The summed E-state index contributed by atoms with van der Waals surface area (Å²) in [5, 5.41) is 0. The van der Waals surface area contributed by atoms with Crippen LogP contribution in [0.3, 0.4) is 0 Å². The van der Waals surface area contributed by atoms with E-state index in [0.717, 1.165) is 18.3 Å². The Morgan fingerprint density at radius 1 is 0.727 bits per heavy atom. The van der Waals surface area contributed by atoms with E-state index in [2.05, 4.69) is 77.9 Å². The molecule has 0 saturated heterocycles. The maximum absolute atomic E-state index is 3.53. The molecule has 3 aliphatic rings. The smallest absolute Gasteiger partial charge is 0.172 e. The molecule has 0 atom stereocenters. The van der Waals surface area contributed by atoms with Crippen molar-refractivity contribution in [2.75, 3.05) is 0 Å². The van der Waals surface area contributed by atoms with Crippen molar-refractivity contribution in [3.8, 4) is 11.1 Å². The van der Waals surface area contributed by atoms with Crippen molar-refractivity contribution in [2.45, 2.75) is 136 Å². The van der Waals surface area contributed by atoms with Gasteiger partial charge in [-0.25, -0.2) is 12.1 Å². The predicted molar refractivity (Wildman–Crippen MR) is 180 cm³/mol. The van der Waals surface area contributed by atoms with Crippen molar-refractivity contribution in [1.29, 1.82) is 0 Å². The average Bonchev–Trinajstić information content (AvgIpc) is 3.65. The molecule has 0 radical (unpaired) electrons. The zero-order valence-corrected chi connectivity index (χ0v) is 32.3. The Balaban J connectivity index is 0.000000260. The number of halogens is 2. The van der Waals surface area contributed by atoms with Crippen LogP contribution in [0.25, 0.3) is 11.1 Å². The Labute approximate surface area is 298 Å². The topological polar surface area (TPSA) is 0 Å². The Bertz CT molecular complexity index is 1150. The predicted octanol–water partition coefficient (Wildman–Crippen LogP) is 5.71. The first-order valence-corrected chi connectivity index (χ1v) is 18.2. The molecule has 2 saturated carbocycles. The molecule has 0 unspecified atom stereocenters. The van der Waals surface area contributed by atoms with E-state index < -0.39 is 0 Å². The fourth-order valence-electron chi connectivity index (χ4n) is 6.87. The first-order valence-electron chi connectivity index (χ1n) is 16.9. The molecule has 3 aromatic carbocycles. The number of hydrogen-bond acceptors (Lipinski definition) is 0. The molecule has 0 amide bonds. The summed E-state index contributed by atoms with van der Waals surface area (Å²) in [5.41, 5.74) is 8.76. The van der Waals surface area contributed by atoms with Crippen LogP contribution in [0.15, 0.2) is 60.7 Å². The number of benzene rings is 2. The monoisotopic (exact) mass is 708 g/mol. The van der Waals surface area contributed by atoms with Crippen LogP contribution in [-0.4, -0.2) is 3.21 Å². The third kappa shape index (κ3) is 12.0. The van der Waals surface area contributed by atoms with Gasteiger partial charge in [0.2, 0.25) is 0 Å². The summed E-state index contributed by atoms with van der Waals surface area (Å²) < 4.78 is 1.91. The van der Waals surface area contributed by atoms with E-state index in [4.69, 9.17) is 0 Å². The molecule has 3 aliphatic carbocycles. The number of fused-ring (bicyclic) bond motifs is 3. The van der Waals surface area contributed by atoms with E-state index in [-0.39, 0.29) is 35.6 Å². The minimum Gasteiger partial charge on any atom is -0.214 e. The summed E-state index contributed by atoms with van der Waals surface area (Å²) in [4.78, 5) is 0. The van der Waals surface area contributed by atoms with Crippen LogP contribution in [0.1, 0.15) is 141 Å². The summed E-state index contributed by atoms with van der Waals surface area (Å²) in [5.74, 6) is 2.15. The molecule has 0 aromatic heterocycles. The summed E-state index contributed by atoms with van der Waals surface area (Å²) in [7, 11) is 0. The van der Waals surface area contributed by atoms with Crippen molar-refractivity contribution in [3.63, 3.8) is 0 Å². The van der Waals surface area contributed by atoms with Crippen LogP contribution in [0.2, 0.25) is 0 Å². The summed E-state index contributed by atoms with van der Waals surface area (Å²) >= 11 is 1.75. The van der Waals surface area contributed by atoms with Gasteiger partial charge in [0.25, 0.3) is 0 Å². The summed E-state index contributed by atoms with van der Waals surface area (Å²) in [6.07, 6.45) is 19.2. The van der Waals surface area contributed by atoms with Gasteiger partial charge in [-0.3, -0.25) is 0 Å². The maximum Gasteiger partial charge on any atom is -0.172 e. The summed E-state index contributed by atoms with van der Waals surface area (Å²) in [6.45, 7) is 13.6. The van der Waals surface area contributed by atoms with Gasteiger partial charge in [-0.1, -0.05) is 76.3 Å². The Hall–Kier alpha value is -0.877. The van der Waals surface area contributed by atoms with E-state index in [0.29, 0.717) is 0 Å².